The van der Waals surface area contributed by atoms with E-state index in [4.69, 9.17) is 4.42 Å². The molecule has 32 heavy (non-hydrogen) atoms. The van der Waals surface area contributed by atoms with Crippen LogP contribution in [0.25, 0.3) is 33.5 Å². The predicted molar refractivity (Wildman–Crippen MR) is 125 cm³/mol. The van der Waals surface area contributed by atoms with Crippen molar-refractivity contribution in [2.24, 2.45) is 7.05 Å². The van der Waals surface area contributed by atoms with E-state index in [1.807, 2.05) is 63.8 Å². The first-order chi connectivity index (χ1) is 15.5. The number of fused-ring (bicyclic) bond motifs is 1. The third-order valence-corrected chi connectivity index (χ3v) is 5.45. The number of rotatable bonds is 6. The Morgan fingerprint density at radius 1 is 1.00 bits per heavy atom. The third kappa shape index (κ3) is 4.09. The number of benzene rings is 1. The molecule has 1 N–H and O–H groups in total. The topological polar surface area (TPSA) is 81.7 Å². The molecule has 0 saturated carbocycles. The predicted octanol–water partition coefficient (Wildman–Crippen LogP) is 4.96. The molecule has 1 aromatic carbocycles. The van der Waals surface area contributed by atoms with Crippen LogP contribution in [0.5, 0.6) is 0 Å². The highest BCUT2D eigenvalue weighted by Crippen LogP contribution is 2.27. The largest absolute Gasteiger partial charge is 0.464 e. The molecule has 7 nitrogen and oxygen atoms in total. The van der Waals surface area contributed by atoms with E-state index in [1.165, 1.54) is 5.56 Å². The summed E-state index contributed by atoms with van der Waals surface area (Å²) in [5.41, 5.74) is 7.10. The Morgan fingerprint density at radius 3 is 2.75 bits per heavy atom. The zero-order chi connectivity index (χ0) is 22.1. The normalized spacial score (nSPS) is 11.2. The summed E-state index contributed by atoms with van der Waals surface area (Å²) in [5, 5.41) is 8.78. The molecule has 0 radical (unpaired) electrons. The summed E-state index contributed by atoms with van der Waals surface area (Å²) in [5.74, 6) is 1.55. The van der Waals surface area contributed by atoms with Gasteiger partial charge in [-0.15, -0.1) is 0 Å². The number of pyridine rings is 1. The van der Waals surface area contributed by atoms with Crippen molar-refractivity contribution in [2.45, 2.75) is 20.3 Å². The van der Waals surface area contributed by atoms with E-state index >= 15 is 0 Å². The summed E-state index contributed by atoms with van der Waals surface area (Å²) in [6, 6.07) is 12.3. The highest BCUT2D eigenvalue weighted by Gasteiger charge is 2.09. The van der Waals surface area contributed by atoms with Crippen LogP contribution in [0.3, 0.4) is 0 Å². The van der Waals surface area contributed by atoms with Gasteiger partial charge in [-0.1, -0.05) is 0 Å². The number of aromatic nitrogens is 5. The van der Waals surface area contributed by atoms with Crippen LogP contribution in [0.15, 0.2) is 65.7 Å². The van der Waals surface area contributed by atoms with Gasteiger partial charge in [-0.3, -0.25) is 9.67 Å². The summed E-state index contributed by atoms with van der Waals surface area (Å²) < 4.78 is 7.35. The Labute approximate surface area is 186 Å². The molecule has 5 aromatic rings. The van der Waals surface area contributed by atoms with Gasteiger partial charge in [0.1, 0.15) is 17.2 Å². The molecule has 0 spiro atoms. The lowest BCUT2D eigenvalue weighted by atomic mass is 10.1. The molecule has 0 saturated heterocycles. The number of hydrogen-bond donors (Lipinski definition) is 1. The minimum atomic E-state index is 0.733. The zero-order valence-electron chi connectivity index (χ0n) is 18.3. The molecule has 160 valence electrons. The smallest absolute Gasteiger partial charge is 0.134 e. The Morgan fingerprint density at radius 2 is 1.91 bits per heavy atom. The van der Waals surface area contributed by atoms with Gasteiger partial charge < -0.3 is 9.73 Å². The lowest BCUT2D eigenvalue weighted by Crippen LogP contribution is -2.08. The van der Waals surface area contributed by atoms with Crippen LogP contribution < -0.4 is 5.32 Å². The molecular formula is C25H24N6O. The third-order valence-electron chi connectivity index (χ3n) is 5.45. The van der Waals surface area contributed by atoms with Crippen molar-refractivity contribution in [3.63, 3.8) is 0 Å². The van der Waals surface area contributed by atoms with Crippen molar-refractivity contribution < 1.29 is 4.42 Å². The Hall–Kier alpha value is -4.00. The van der Waals surface area contributed by atoms with Gasteiger partial charge in [-0.05, 0) is 61.7 Å². The molecule has 0 aliphatic rings. The number of anilines is 1. The fourth-order valence-corrected chi connectivity index (χ4v) is 3.80. The Kier molecular flexibility index (Phi) is 5.15. The molecular weight excluding hydrogens is 400 g/mol. The van der Waals surface area contributed by atoms with E-state index in [0.29, 0.717) is 0 Å². The fourth-order valence-electron chi connectivity index (χ4n) is 3.80. The van der Waals surface area contributed by atoms with Crippen molar-refractivity contribution in [3.05, 3.63) is 78.2 Å². The van der Waals surface area contributed by atoms with Crippen LogP contribution in [0.2, 0.25) is 0 Å². The van der Waals surface area contributed by atoms with Gasteiger partial charge in [0.25, 0.3) is 0 Å². The molecule has 0 bridgehead atoms. The van der Waals surface area contributed by atoms with Crippen LogP contribution in [0.1, 0.15) is 17.0 Å². The second-order valence-corrected chi connectivity index (χ2v) is 7.94. The first-order valence-corrected chi connectivity index (χ1v) is 10.6. The first-order valence-electron chi connectivity index (χ1n) is 10.6. The number of nitrogens with one attached hydrogen (secondary N) is 1. The number of furan rings is 1. The average Bonchev–Trinajstić information content (AvgIpc) is 3.39. The van der Waals surface area contributed by atoms with Gasteiger partial charge in [0.05, 0.1) is 23.8 Å². The van der Waals surface area contributed by atoms with Crippen molar-refractivity contribution >= 4 is 16.8 Å². The van der Waals surface area contributed by atoms with Gasteiger partial charge >= 0.3 is 0 Å². The maximum Gasteiger partial charge on any atom is 0.134 e. The van der Waals surface area contributed by atoms with Crippen LogP contribution >= 0.6 is 0 Å². The quantitative estimate of drug-likeness (QED) is 0.415. The number of aryl methyl sites for hydroxylation is 3. The highest BCUT2D eigenvalue weighted by molar-refractivity contribution is 5.85. The summed E-state index contributed by atoms with van der Waals surface area (Å²) in [6.07, 6.45) is 8.29. The molecule has 0 aliphatic carbocycles. The van der Waals surface area contributed by atoms with Crippen molar-refractivity contribution in [2.75, 3.05) is 11.9 Å². The maximum atomic E-state index is 5.57. The molecule has 0 atom stereocenters. The van der Waals surface area contributed by atoms with Gasteiger partial charge in [-0.2, -0.15) is 5.10 Å². The van der Waals surface area contributed by atoms with Crippen LogP contribution in [-0.2, 0) is 13.5 Å². The monoisotopic (exact) mass is 424 g/mol. The van der Waals surface area contributed by atoms with Crippen LogP contribution in [-0.4, -0.2) is 31.3 Å². The number of hydrogen-bond acceptors (Lipinski definition) is 6. The second kappa shape index (κ2) is 8.26. The van der Waals surface area contributed by atoms with E-state index in [0.717, 1.165) is 63.7 Å². The van der Waals surface area contributed by atoms with Gasteiger partial charge in [0.15, 0.2) is 0 Å². The minimum Gasteiger partial charge on any atom is -0.464 e. The van der Waals surface area contributed by atoms with E-state index in [-0.39, 0.29) is 0 Å². The van der Waals surface area contributed by atoms with Crippen LogP contribution in [0.4, 0.5) is 5.82 Å². The van der Waals surface area contributed by atoms with Gasteiger partial charge in [-0.25, -0.2) is 9.97 Å². The van der Waals surface area contributed by atoms with E-state index < -0.39 is 0 Å². The molecule has 0 fully saturated rings. The SMILES string of the molecule is Cc1nc(NCCc2ccnc(-c3cnn(C)c3)c2)cc(-c2ccc3occ(C)c3c2)n1. The Balaban J connectivity index is 1.31. The van der Waals surface area contributed by atoms with Crippen molar-refractivity contribution in [1.82, 2.24) is 24.7 Å². The highest BCUT2D eigenvalue weighted by atomic mass is 16.3. The molecule has 5 rings (SSSR count). The van der Waals surface area contributed by atoms with Gasteiger partial charge in [0, 0.05) is 48.6 Å². The second-order valence-electron chi connectivity index (χ2n) is 7.94. The standard InChI is InChI=1S/C25H24N6O/c1-16-15-32-24-5-4-19(11-21(16)24)23-12-25(30-17(2)29-23)27-9-7-18-6-8-26-22(10-18)20-13-28-31(3)14-20/h4-6,8,10-15H,7,9H2,1-3H3,(H,27,29,30). The molecule has 7 heteroatoms. The molecule has 4 heterocycles. The Bertz CT molecular complexity index is 1400. The average molecular weight is 425 g/mol. The minimum absolute atomic E-state index is 0.733. The van der Waals surface area contributed by atoms with Crippen LogP contribution in [0, 0.1) is 13.8 Å². The molecule has 0 amide bonds. The van der Waals surface area contributed by atoms with E-state index in [1.54, 1.807) is 10.9 Å². The fraction of sp³-hybridized carbons (Fsp3) is 0.200. The van der Waals surface area contributed by atoms with E-state index in [9.17, 15) is 0 Å². The zero-order valence-corrected chi connectivity index (χ0v) is 18.3. The van der Waals surface area contributed by atoms with Gasteiger partial charge in [0.2, 0.25) is 0 Å². The summed E-state index contributed by atoms with van der Waals surface area (Å²) in [4.78, 5) is 13.7. The van der Waals surface area contributed by atoms with E-state index in [2.05, 4.69) is 37.5 Å². The lowest BCUT2D eigenvalue weighted by Gasteiger charge is -2.10. The molecule has 0 aliphatic heterocycles. The first kappa shape index (κ1) is 19.9. The summed E-state index contributed by atoms with van der Waals surface area (Å²) in [6.45, 7) is 4.72. The molecule has 0 unspecified atom stereocenters. The lowest BCUT2D eigenvalue weighted by molar-refractivity contribution is 0.613. The summed E-state index contributed by atoms with van der Waals surface area (Å²) in [7, 11) is 1.91. The summed E-state index contributed by atoms with van der Waals surface area (Å²) >= 11 is 0. The number of nitrogens with zero attached hydrogens (tertiary/aromatic N) is 5. The van der Waals surface area contributed by atoms with Crippen molar-refractivity contribution in [3.8, 4) is 22.5 Å². The molecule has 4 aromatic heterocycles. The maximum absolute atomic E-state index is 5.57. The van der Waals surface area contributed by atoms with Crippen molar-refractivity contribution in [1.29, 1.82) is 0 Å².